The molecule has 316 valence electrons. The Kier molecular flexibility index (Phi) is 13.9. The average Bonchev–Trinajstić information content (AvgIpc) is 3.22. The van der Waals surface area contributed by atoms with Crippen LogP contribution in [0.25, 0.3) is 12.2 Å². The Hall–Kier alpha value is -5.13. The number of benzene rings is 3. The summed E-state index contributed by atoms with van der Waals surface area (Å²) in [6.07, 6.45) is 2.01. The lowest BCUT2D eigenvalue weighted by Crippen LogP contribution is -2.72. The van der Waals surface area contributed by atoms with Crippen LogP contribution in [-0.4, -0.2) is 116 Å². The first-order valence-electron chi connectivity index (χ1n) is 19.6. The number of ether oxygens (including phenoxy) is 4. The van der Waals surface area contributed by atoms with Crippen LogP contribution in [0.5, 0.6) is 23.0 Å². The third-order valence-corrected chi connectivity index (χ3v) is 11.7. The summed E-state index contributed by atoms with van der Waals surface area (Å²) in [4.78, 5) is 41.1. The molecule has 3 fully saturated rings. The Morgan fingerprint density at radius 3 is 2.37 bits per heavy atom. The highest BCUT2D eigenvalue weighted by molar-refractivity contribution is 6.01. The smallest absolute Gasteiger partial charge is 0.336 e. The molecule has 15 heteroatoms. The number of ketones is 2. The van der Waals surface area contributed by atoms with E-state index in [1.165, 1.54) is 48.6 Å². The van der Waals surface area contributed by atoms with Crippen LogP contribution in [0.2, 0.25) is 0 Å². The molecule has 0 spiro atoms. The molecule has 2 aliphatic heterocycles. The van der Waals surface area contributed by atoms with Gasteiger partial charge in [0.15, 0.2) is 40.2 Å². The third kappa shape index (κ3) is 9.36. The predicted molar refractivity (Wildman–Crippen MR) is 212 cm³/mol. The molecule has 3 aliphatic rings. The molecule has 0 amide bonds. The van der Waals surface area contributed by atoms with E-state index in [2.05, 4.69) is 0 Å². The Bertz CT molecular complexity index is 2040. The van der Waals surface area contributed by atoms with Crippen molar-refractivity contribution in [2.24, 2.45) is 23.5 Å². The highest BCUT2D eigenvalue weighted by Gasteiger charge is 2.66. The molecule has 0 unspecified atom stereocenters. The van der Waals surface area contributed by atoms with E-state index >= 15 is 0 Å². The molecule has 2 heterocycles. The summed E-state index contributed by atoms with van der Waals surface area (Å²) in [7, 11) is 0. The first kappa shape index (κ1) is 43.4. The van der Waals surface area contributed by atoms with Crippen molar-refractivity contribution >= 4 is 29.7 Å². The Labute approximate surface area is 340 Å². The quantitative estimate of drug-likeness (QED) is 0.0720. The first-order valence-corrected chi connectivity index (χ1v) is 19.6. The van der Waals surface area contributed by atoms with E-state index in [9.17, 15) is 50.1 Å². The number of aryl methyl sites for hydroxylation is 1. The van der Waals surface area contributed by atoms with Gasteiger partial charge in [-0.3, -0.25) is 9.59 Å². The van der Waals surface area contributed by atoms with E-state index in [4.69, 9.17) is 24.7 Å². The number of rotatable bonds is 17. The topological polar surface area (TPSA) is 256 Å². The minimum Gasteiger partial charge on any atom is -0.504 e. The second kappa shape index (κ2) is 18.8. The Morgan fingerprint density at radius 1 is 0.915 bits per heavy atom. The molecule has 9 N–H and O–H groups in total. The molecule has 0 radical (unpaired) electrons. The highest BCUT2D eigenvalue weighted by Crippen LogP contribution is 2.53. The monoisotopic (exact) mass is 817 g/mol. The van der Waals surface area contributed by atoms with Gasteiger partial charge in [0.25, 0.3) is 0 Å². The zero-order valence-corrected chi connectivity index (χ0v) is 32.4. The number of nitrogens with two attached hydrogens (primary N) is 1. The second-order valence-electron chi connectivity index (χ2n) is 15.4. The lowest BCUT2D eigenvalue weighted by molar-refractivity contribution is -0.302. The van der Waals surface area contributed by atoms with Crippen molar-refractivity contribution < 1.29 is 69.1 Å². The molecule has 2 saturated heterocycles. The van der Waals surface area contributed by atoms with Crippen LogP contribution in [0.15, 0.2) is 72.8 Å². The summed E-state index contributed by atoms with van der Waals surface area (Å²) >= 11 is 0. The van der Waals surface area contributed by atoms with Gasteiger partial charge in [-0.15, -0.1) is 0 Å². The molecule has 6 rings (SSSR count). The van der Waals surface area contributed by atoms with Gasteiger partial charge in [0, 0.05) is 31.4 Å². The van der Waals surface area contributed by atoms with Gasteiger partial charge in [-0.2, -0.15) is 0 Å². The number of carbonyl (C=O) groups is 3. The summed E-state index contributed by atoms with van der Waals surface area (Å²) in [6, 6.07) is 16.6. The van der Waals surface area contributed by atoms with Gasteiger partial charge in [0.05, 0.1) is 25.4 Å². The summed E-state index contributed by atoms with van der Waals surface area (Å²) in [6.45, 7) is -1.29. The molecule has 0 aromatic heterocycles. The fourth-order valence-corrected chi connectivity index (χ4v) is 8.61. The van der Waals surface area contributed by atoms with E-state index in [0.717, 1.165) is 5.56 Å². The van der Waals surface area contributed by atoms with Crippen molar-refractivity contribution in [3.63, 3.8) is 0 Å². The number of phenolic OH excluding ortho intramolecular Hbond substituents is 3. The summed E-state index contributed by atoms with van der Waals surface area (Å²) < 4.78 is 24.5. The van der Waals surface area contributed by atoms with E-state index in [1.807, 2.05) is 30.3 Å². The molecule has 3 aromatic carbocycles. The van der Waals surface area contributed by atoms with Crippen molar-refractivity contribution in [1.82, 2.24) is 0 Å². The Morgan fingerprint density at radius 2 is 1.68 bits per heavy atom. The molecule has 1 aliphatic carbocycles. The van der Waals surface area contributed by atoms with Gasteiger partial charge in [0.2, 0.25) is 0 Å². The van der Waals surface area contributed by atoms with Gasteiger partial charge in [-0.05, 0) is 90.3 Å². The maximum absolute atomic E-state index is 14.7. The third-order valence-electron chi connectivity index (χ3n) is 11.7. The number of carboxylic acids is 1. The zero-order valence-electron chi connectivity index (χ0n) is 32.4. The molecule has 3 aromatic rings. The first-order chi connectivity index (χ1) is 28.3. The van der Waals surface area contributed by atoms with Gasteiger partial charge in [-0.25, -0.2) is 4.79 Å². The normalized spacial score (nSPS) is 27.9. The zero-order chi connectivity index (χ0) is 42.3. The fourth-order valence-electron chi connectivity index (χ4n) is 8.61. The van der Waals surface area contributed by atoms with Crippen LogP contribution >= 0.6 is 0 Å². The maximum atomic E-state index is 14.7. The molecular formula is C44H51NO14. The van der Waals surface area contributed by atoms with Gasteiger partial charge in [-0.1, -0.05) is 48.6 Å². The minimum atomic E-state index is -2.20. The standard InChI is InChI=1S/C44H51NO14/c45-14-15-56-38-12-9-27(16-36(38)51)8-11-32(48)25-58-44(42(54)55)21-37(52)41-40-33(44)19-31(23-47)43(59-40,20-28(24-57-41)7-6-26-4-2-1-3-5-26)39(53)13-10-29-17-34(49)35(50)18-30(29)22-46/h1-5,8-13,16-18,28,31,33,37,40-41,46-47,49-52H,6-7,14-15,19-25,45H2,(H,54,55)/b11-8+,13-10+/t28-,31+,33-,37+,40+,41+,43+,44-/m0/s1. The SMILES string of the molecule is NCCOc1ccc(/C=C/C(=O)CO[C@@]2(C(=O)O)C[C@@H](O)[C@H]3OC[C@@H](CCc4ccccc4)C[C@@]4(C(=O)/C=C/c5cc(O)c(O)cc5CO)O[C@@H]3[C@@H]2C[C@@H]4CO)cc1O. The van der Waals surface area contributed by atoms with Crippen LogP contribution in [-0.2, 0) is 41.6 Å². The number of phenols is 3. The van der Waals surface area contributed by atoms with Crippen molar-refractivity contribution in [2.75, 3.05) is 33.0 Å². The highest BCUT2D eigenvalue weighted by atomic mass is 16.6. The van der Waals surface area contributed by atoms with Crippen LogP contribution in [0.4, 0.5) is 0 Å². The summed E-state index contributed by atoms with van der Waals surface area (Å²) in [5.41, 5.74) is 3.48. The number of aromatic hydroxyl groups is 3. The van der Waals surface area contributed by atoms with E-state index < -0.39 is 96.6 Å². The number of hydrogen-bond acceptors (Lipinski definition) is 14. The van der Waals surface area contributed by atoms with Crippen LogP contribution in [0.1, 0.15) is 47.9 Å². The van der Waals surface area contributed by atoms with Crippen molar-refractivity contribution in [3.05, 3.63) is 95.1 Å². The van der Waals surface area contributed by atoms with E-state index in [0.29, 0.717) is 18.4 Å². The minimum absolute atomic E-state index is 0.0633. The maximum Gasteiger partial charge on any atom is 0.336 e. The number of aliphatic hydroxyl groups is 3. The number of fused-ring (bicyclic) bond motifs is 1. The lowest BCUT2D eigenvalue weighted by atomic mass is 9.60. The number of carbonyl (C=O) groups excluding carboxylic acids is 2. The average molecular weight is 818 g/mol. The summed E-state index contributed by atoms with van der Waals surface area (Å²) in [5.74, 6) is -5.95. The van der Waals surface area contributed by atoms with E-state index in [-0.39, 0.29) is 61.1 Å². The molecule has 1 saturated carbocycles. The van der Waals surface area contributed by atoms with E-state index in [1.54, 1.807) is 6.07 Å². The predicted octanol–water partition coefficient (Wildman–Crippen LogP) is 2.89. The van der Waals surface area contributed by atoms with Gasteiger partial charge in [0.1, 0.15) is 24.9 Å². The fraction of sp³-hybridized carbons (Fsp3) is 0.432. The van der Waals surface area contributed by atoms with Crippen molar-refractivity contribution in [3.8, 4) is 23.0 Å². The van der Waals surface area contributed by atoms with Gasteiger partial charge < -0.3 is 60.4 Å². The second-order valence-corrected chi connectivity index (χ2v) is 15.4. The number of carboxylic acid groups (broad SMARTS) is 1. The van der Waals surface area contributed by atoms with Crippen LogP contribution in [0, 0.1) is 17.8 Å². The summed E-state index contributed by atoms with van der Waals surface area (Å²) in [5, 5.41) is 73.9. The van der Waals surface area contributed by atoms with Crippen molar-refractivity contribution in [1.29, 1.82) is 0 Å². The number of aliphatic hydroxyl groups excluding tert-OH is 3. The lowest BCUT2D eigenvalue weighted by Gasteiger charge is -2.59. The van der Waals surface area contributed by atoms with Crippen LogP contribution in [0.3, 0.4) is 0 Å². The Balaban J connectivity index is 1.30. The largest absolute Gasteiger partial charge is 0.504 e. The molecule has 8 atom stereocenters. The van der Waals surface area contributed by atoms with Gasteiger partial charge >= 0.3 is 5.97 Å². The molecule has 59 heavy (non-hydrogen) atoms. The molecular weight excluding hydrogens is 766 g/mol. The number of hydrogen-bond donors (Lipinski definition) is 8. The molecule has 15 nitrogen and oxygen atoms in total. The van der Waals surface area contributed by atoms with Crippen LogP contribution < -0.4 is 10.5 Å². The van der Waals surface area contributed by atoms with Crippen molar-refractivity contribution in [2.45, 2.75) is 68.2 Å². The number of aliphatic carboxylic acids is 1. The molecule has 2 bridgehead atoms.